The number of amidine groups is 1. The number of hydrogen-bond acceptors (Lipinski definition) is 4. The minimum absolute atomic E-state index is 0.0280. The smallest absolute Gasteiger partial charge is 0.408 e. The van der Waals surface area contributed by atoms with E-state index in [1.54, 1.807) is 31.4 Å². The van der Waals surface area contributed by atoms with Crippen molar-refractivity contribution >= 4 is 28.6 Å². The lowest BCUT2D eigenvalue weighted by molar-refractivity contribution is -0.118. The van der Waals surface area contributed by atoms with Crippen LogP contribution in [0.5, 0.6) is 5.75 Å². The summed E-state index contributed by atoms with van der Waals surface area (Å²) >= 11 is 1.11. The number of amides is 2. The van der Waals surface area contributed by atoms with Crippen LogP contribution in [0.3, 0.4) is 0 Å². The summed E-state index contributed by atoms with van der Waals surface area (Å²) in [5.74, 6) is 0.815. The number of carbonyl (C=O) groups excluding carboxylic acids is 1. The van der Waals surface area contributed by atoms with Crippen LogP contribution in [-0.2, 0) is 12.0 Å². The molecule has 0 aliphatic carbocycles. The van der Waals surface area contributed by atoms with E-state index in [0.29, 0.717) is 11.4 Å². The Morgan fingerprint density at radius 2 is 1.66 bits per heavy atom. The summed E-state index contributed by atoms with van der Waals surface area (Å²) in [6.07, 6.45) is -4.44. The number of hydrogen-bond donors (Lipinski definition) is 0. The van der Waals surface area contributed by atoms with E-state index in [-0.39, 0.29) is 23.0 Å². The van der Waals surface area contributed by atoms with Gasteiger partial charge in [0.2, 0.25) is 0 Å². The van der Waals surface area contributed by atoms with Crippen molar-refractivity contribution in [1.82, 2.24) is 4.90 Å². The third-order valence-corrected chi connectivity index (χ3v) is 5.95. The highest BCUT2D eigenvalue weighted by Gasteiger charge is 2.34. The predicted molar refractivity (Wildman–Crippen MR) is 122 cm³/mol. The average molecular weight is 466 g/mol. The van der Waals surface area contributed by atoms with Crippen LogP contribution in [0.25, 0.3) is 0 Å². The van der Waals surface area contributed by atoms with Crippen molar-refractivity contribution in [3.8, 4) is 5.75 Å². The number of aliphatic imine (C=N–C) groups is 1. The monoisotopic (exact) mass is 465 g/mol. The molecular weight excluding hydrogens is 439 g/mol. The fraction of sp³-hybridized carbons (Fsp3) is 0.391. The van der Waals surface area contributed by atoms with Crippen LogP contribution in [0.15, 0.2) is 53.5 Å². The zero-order valence-corrected chi connectivity index (χ0v) is 19.3. The summed E-state index contributed by atoms with van der Waals surface area (Å²) in [4.78, 5) is 19.8. The van der Waals surface area contributed by atoms with Crippen LogP contribution in [0, 0.1) is 0 Å². The van der Waals surface area contributed by atoms with Crippen LogP contribution < -0.4 is 9.64 Å². The van der Waals surface area contributed by atoms with Crippen LogP contribution in [0.1, 0.15) is 31.9 Å². The normalized spacial score (nSPS) is 16.6. The third-order valence-electron chi connectivity index (χ3n) is 4.95. The summed E-state index contributed by atoms with van der Waals surface area (Å²) in [5, 5.41) is 0.0667. The number of ether oxygens (including phenoxy) is 1. The Morgan fingerprint density at radius 3 is 2.19 bits per heavy atom. The van der Waals surface area contributed by atoms with E-state index in [1.165, 1.54) is 9.80 Å². The van der Waals surface area contributed by atoms with Gasteiger partial charge in [-0.05, 0) is 40.8 Å². The van der Waals surface area contributed by atoms with Crippen molar-refractivity contribution in [2.24, 2.45) is 4.99 Å². The van der Waals surface area contributed by atoms with Crippen LogP contribution in [-0.4, -0.2) is 41.8 Å². The first-order chi connectivity index (χ1) is 15.0. The quantitative estimate of drug-likeness (QED) is 0.541. The van der Waals surface area contributed by atoms with Crippen LogP contribution >= 0.6 is 11.8 Å². The van der Waals surface area contributed by atoms with E-state index in [1.807, 2.05) is 24.3 Å². The number of alkyl halides is 3. The molecule has 2 amide bonds. The molecular formula is C23H26F3N3O2S. The molecule has 172 valence electrons. The van der Waals surface area contributed by atoms with Gasteiger partial charge in [-0.25, -0.2) is 4.79 Å². The van der Waals surface area contributed by atoms with E-state index in [4.69, 9.17) is 4.74 Å². The molecule has 1 fully saturated rings. The number of urea groups is 1. The molecule has 0 atom stereocenters. The molecule has 2 aromatic rings. The molecule has 0 bridgehead atoms. The molecule has 9 heteroatoms. The van der Waals surface area contributed by atoms with Gasteiger partial charge in [0.25, 0.3) is 0 Å². The molecule has 0 unspecified atom stereocenters. The summed E-state index contributed by atoms with van der Waals surface area (Å²) in [7, 11) is 1.55. The van der Waals surface area contributed by atoms with Gasteiger partial charge in [0.15, 0.2) is 5.17 Å². The number of anilines is 1. The van der Waals surface area contributed by atoms with Crippen molar-refractivity contribution in [2.75, 3.05) is 24.4 Å². The van der Waals surface area contributed by atoms with Crippen molar-refractivity contribution in [2.45, 2.75) is 38.9 Å². The lowest BCUT2D eigenvalue weighted by atomic mass is 9.87. The molecule has 0 N–H and O–H groups in total. The zero-order valence-electron chi connectivity index (χ0n) is 18.4. The first kappa shape index (κ1) is 24.0. The Kier molecular flexibility index (Phi) is 7.07. The standard InChI is InChI=1S/C23H26F3N3O2S/c1-22(2,3)17-7-5-16(6-8-17)13-28-20(27-14-23(24,25)26)32-15-29(21(28)30)18-9-11-19(31-4)12-10-18/h5-12H,13-15H2,1-4H3. The first-order valence-electron chi connectivity index (χ1n) is 10.0. The van der Waals surface area contributed by atoms with Gasteiger partial charge in [-0.2, -0.15) is 13.2 Å². The van der Waals surface area contributed by atoms with Gasteiger partial charge in [-0.15, -0.1) is 0 Å². The molecule has 0 aromatic heterocycles. The van der Waals surface area contributed by atoms with Gasteiger partial charge in [0, 0.05) is 5.69 Å². The number of thioether (sulfide) groups is 1. The molecule has 2 aromatic carbocycles. The minimum atomic E-state index is -4.44. The summed E-state index contributed by atoms with van der Waals surface area (Å²) in [5.41, 5.74) is 2.54. The molecule has 1 aliphatic heterocycles. The number of nitrogens with zero attached hydrogens (tertiary/aromatic N) is 3. The van der Waals surface area contributed by atoms with Crippen LogP contribution in [0.2, 0.25) is 0 Å². The molecule has 32 heavy (non-hydrogen) atoms. The van der Waals surface area contributed by atoms with Gasteiger partial charge < -0.3 is 4.74 Å². The molecule has 0 saturated carbocycles. The lowest BCUT2D eigenvalue weighted by Gasteiger charge is -2.36. The second-order valence-electron chi connectivity index (χ2n) is 8.43. The number of carbonyl (C=O) groups is 1. The number of methoxy groups -OCH3 is 1. The van der Waals surface area contributed by atoms with E-state index in [9.17, 15) is 18.0 Å². The number of rotatable bonds is 5. The van der Waals surface area contributed by atoms with E-state index in [0.717, 1.165) is 22.9 Å². The van der Waals surface area contributed by atoms with Crippen molar-refractivity contribution in [3.05, 3.63) is 59.7 Å². The fourth-order valence-corrected chi connectivity index (χ4v) is 4.10. The Balaban J connectivity index is 1.88. The Morgan fingerprint density at radius 1 is 1.03 bits per heavy atom. The Bertz CT molecular complexity index is 968. The summed E-state index contributed by atoms with van der Waals surface area (Å²) in [6.45, 7) is 5.09. The Labute approximate surface area is 190 Å². The third kappa shape index (κ3) is 5.97. The van der Waals surface area contributed by atoms with Gasteiger partial charge in [-0.3, -0.25) is 14.8 Å². The van der Waals surface area contributed by atoms with Crippen molar-refractivity contribution in [3.63, 3.8) is 0 Å². The molecule has 3 rings (SSSR count). The number of benzene rings is 2. The Hall–Kier alpha value is -2.68. The van der Waals surface area contributed by atoms with Gasteiger partial charge in [0.1, 0.15) is 12.3 Å². The molecule has 1 saturated heterocycles. The maximum atomic E-state index is 13.3. The average Bonchev–Trinajstić information content (AvgIpc) is 2.73. The highest BCUT2D eigenvalue weighted by atomic mass is 32.2. The molecule has 0 radical (unpaired) electrons. The van der Waals surface area contributed by atoms with E-state index < -0.39 is 18.8 Å². The second-order valence-corrected chi connectivity index (χ2v) is 9.34. The fourth-order valence-electron chi connectivity index (χ4n) is 3.15. The lowest BCUT2D eigenvalue weighted by Crippen LogP contribution is -2.50. The van der Waals surface area contributed by atoms with E-state index in [2.05, 4.69) is 25.8 Å². The molecule has 1 aliphatic rings. The molecule has 0 spiro atoms. The largest absolute Gasteiger partial charge is 0.497 e. The minimum Gasteiger partial charge on any atom is -0.497 e. The maximum Gasteiger partial charge on any atom is 0.408 e. The topological polar surface area (TPSA) is 45.1 Å². The van der Waals surface area contributed by atoms with Gasteiger partial charge in [-0.1, -0.05) is 56.8 Å². The summed E-state index contributed by atoms with van der Waals surface area (Å²) < 4.78 is 43.5. The highest BCUT2D eigenvalue weighted by molar-refractivity contribution is 8.14. The number of halogens is 3. The van der Waals surface area contributed by atoms with Crippen LogP contribution in [0.4, 0.5) is 23.7 Å². The van der Waals surface area contributed by atoms with Crippen molar-refractivity contribution < 1.29 is 22.7 Å². The van der Waals surface area contributed by atoms with Crippen molar-refractivity contribution in [1.29, 1.82) is 0 Å². The zero-order chi connectivity index (χ0) is 23.5. The molecule has 5 nitrogen and oxygen atoms in total. The van der Waals surface area contributed by atoms with Gasteiger partial charge in [0.05, 0.1) is 19.5 Å². The predicted octanol–water partition coefficient (Wildman–Crippen LogP) is 6.04. The highest BCUT2D eigenvalue weighted by Crippen LogP contribution is 2.30. The van der Waals surface area contributed by atoms with Gasteiger partial charge >= 0.3 is 12.2 Å². The molecule has 1 heterocycles. The first-order valence-corrected chi connectivity index (χ1v) is 11.0. The maximum absolute atomic E-state index is 13.3. The second kappa shape index (κ2) is 9.44. The summed E-state index contributed by atoms with van der Waals surface area (Å²) in [6, 6.07) is 14.3. The SMILES string of the molecule is COc1ccc(N2CSC(=NCC(F)(F)F)N(Cc3ccc(C(C)(C)C)cc3)C2=O)cc1. The van der Waals surface area contributed by atoms with E-state index >= 15 is 0 Å².